The molecule has 362 valence electrons. The van der Waals surface area contributed by atoms with E-state index in [0.717, 1.165) is 44.9 Å². The van der Waals surface area contributed by atoms with E-state index in [1.807, 2.05) is 6.08 Å². The summed E-state index contributed by atoms with van der Waals surface area (Å²) < 4.78 is 22.9. The van der Waals surface area contributed by atoms with Gasteiger partial charge in [0, 0.05) is 6.42 Å². The number of allylic oxidation sites excluding steroid dienone is 1. The maximum atomic E-state index is 12.9. The molecule has 1 rings (SSSR count). The summed E-state index contributed by atoms with van der Waals surface area (Å²) >= 11 is 0. The van der Waals surface area contributed by atoms with Gasteiger partial charge in [-0.2, -0.15) is 0 Å². The number of unbranched alkanes of at least 4 members (excludes halogenated alkanes) is 31. The number of phosphoric ester groups is 1. The third-order valence-corrected chi connectivity index (χ3v) is 13.3. The number of amides is 1. The molecule has 0 aromatic rings. The van der Waals surface area contributed by atoms with Crippen LogP contribution in [-0.4, -0.2) is 96.8 Å². The Bertz CT molecular complexity index is 1080. The Labute approximate surface area is 371 Å². The topological polar surface area (TPSA) is 206 Å². The quantitative estimate of drug-likeness (QED) is 0.0164. The molecule has 8 N–H and O–H groups in total. The van der Waals surface area contributed by atoms with Gasteiger partial charge in [-0.15, -0.1) is 0 Å². The number of rotatable bonds is 42. The fourth-order valence-electron chi connectivity index (χ4n) is 8.20. The minimum atomic E-state index is -5.07. The number of aliphatic hydroxyl groups is 6. The molecule has 1 saturated carbocycles. The van der Waals surface area contributed by atoms with Crippen LogP contribution in [0, 0.1) is 0 Å². The number of hydrogen-bond donors (Lipinski definition) is 8. The Morgan fingerprint density at radius 1 is 0.541 bits per heavy atom. The monoisotopic (exact) mass is 892 g/mol. The second-order valence-corrected chi connectivity index (χ2v) is 19.4. The van der Waals surface area contributed by atoms with Gasteiger partial charge >= 0.3 is 7.82 Å². The van der Waals surface area contributed by atoms with E-state index in [0.29, 0.717) is 6.42 Å². The van der Waals surface area contributed by atoms with Gasteiger partial charge in [0.25, 0.3) is 0 Å². The summed E-state index contributed by atoms with van der Waals surface area (Å²) in [5.41, 5.74) is 0. The van der Waals surface area contributed by atoms with E-state index in [1.165, 1.54) is 167 Å². The molecule has 0 spiro atoms. The first-order valence-corrected chi connectivity index (χ1v) is 26.6. The molecular formula is C48H94NO11P. The predicted octanol–water partition coefficient (Wildman–Crippen LogP) is 10.0. The molecule has 9 atom stereocenters. The van der Waals surface area contributed by atoms with Crippen LogP contribution in [0.25, 0.3) is 0 Å². The summed E-state index contributed by atoms with van der Waals surface area (Å²) in [4.78, 5) is 23.3. The fraction of sp³-hybridized carbons (Fsp3) is 0.938. The fourth-order valence-corrected chi connectivity index (χ4v) is 9.17. The summed E-state index contributed by atoms with van der Waals surface area (Å²) in [6, 6.07) is -1.11. The molecule has 0 aliphatic heterocycles. The van der Waals surface area contributed by atoms with Gasteiger partial charge in [0.2, 0.25) is 5.91 Å². The van der Waals surface area contributed by atoms with Crippen LogP contribution >= 0.6 is 7.82 Å². The Morgan fingerprint density at radius 3 is 1.25 bits per heavy atom. The SMILES string of the molecule is CCCCCCCCC/C=C/[C@@H](O)[C@H](COP(=O)(O)OC1C(O)C(O)C(O)[C@@H](O)C1O)NC(=O)CCCCCCCCCCCCCCCCCCCCCCCCCCC. The number of phosphoric acid groups is 1. The standard InChI is InChI=1S/C48H94NO11P/c1-3-5-7-9-11-13-14-15-16-17-18-19-20-21-22-23-24-25-26-27-28-30-32-34-36-38-42(51)49-40(41(50)37-35-33-31-29-12-10-8-6-4-2)39-59-61(57,58)60-48-46(55)44(53)43(52)45(54)47(48)56/h35,37,40-41,43-48,50,52-56H,3-34,36,38-39H2,1-2H3,(H,49,51)(H,57,58)/b37-35+/t40-,41+,43?,44+,45?,46?,47?,48?/m0/s1. The molecule has 0 bridgehead atoms. The third kappa shape index (κ3) is 30.0. The van der Waals surface area contributed by atoms with Crippen LogP contribution in [0.4, 0.5) is 0 Å². The summed E-state index contributed by atoms with van der Waals surface area (Å²) in [5, 5.41) is 63.9. The van der Waals surface area contributed by atoms with Crippen LogP contribution in [0.2, 0.25) is 0 Å². The first-order chi connectivity index (χ1) is 29.4. The summed E-state index contributed by atoms with van der Waals surface area (Å²) in [6.45, 7) is 3.82. The summed E-state index contributed by atoms with van der Waals surface area (Å²) in [7, 11) is -5.07. The van der Waals surface area contributed by atoms with Gasteiger partial charge in [-0.1, -0.05) is 219 Å². The Hall–Kier alpha value is -0.920. The molecule has 12 nitrogen and oxygen atoms in total. The number of nitrogens with one attached hydrogen (secondary N) is 1. The van der Waals surface area contributed by atoms with Crippen LogP contribution in [0.15, 0.2) is 12.2 Å². The van der Waals surface area contributed by atoms with Crippen LogP contribution in [0.3, 0.4) is 0 Å². The van der Waals surface area contributed by atoms with Crippen LogP contribution in [0.1, 0.15) is 232 Å². The van der Waals surface area contributed by atoms with E-state index in [4.69, 9.17) is 9.05 Å². The molecule has 61 heavy (non-hydrogen) atoms. The van der Waals surface area contributed by atoms with Crippen molar-refractivity contribution in [2.24, 2.45) is 0 Å². The zero-order valence-corrected chi connectivity index (χ0v) is 39.6. The largest absolute Gasteiger partial charge is 0.472 e. The van der Waals surface area contributed by atoms with Crippen molar-refractivity contribution in [2.45, 2.75) is 281 Å². The van der Waals surface area contributed by atoms with Gasteiger partial charge < -0.3 is 40.8 Å². The average molecular weight is 892 g/mol. The average Bonchev–Trinajstić information content (AvgIpc) is 3.24. The molecular weight excluding hydrogens is 797 g/mol. The molecule has 0 aromatic heterocycles. The maximum Gasteiger partial charge on any atom is 0.472 e. The smallest absolute Gasteiger partial charge is 0.387 e. The number of hydrogen-bond acceptors (Lipinski definition) is 10. The molecule has 1 amide bonds. The zero-order valence-electron chi connectivity index (χ0n) is 38.7. The number of aliphatic hydroxyl groups excluding tert-OH is 6. The third-order valence-electron chi connectivity index (χ3n) is 12.3. The first kappa shape index (κ1) is 58.1. The molecule has 0 radical (unpaired) electrons. The van der Waals surface area contributed by atoms with E-state index in [9.17, 15) is 44.9 Å². The van der Waals surface area contributed by atoms with E-state index in [2.05, 4.69) is 19.2 Å². The van der Waals surface area contributed by atoms with Crippen molar-refractivity contribution in [1.29, 1.82) is 0 Å². The highest BCUT2D eigenvalue weighted by Crippen LogP contribution is 2.47. The van der Waals surface area contributed by atoms with Gasteiger partial charge in [-0.25, -0.2) is 4.57 Å². The van der Waals surface area contributed by atoms with E-state index < -0.39 is 63.2 Å². The van der Waals surface area contributed by atoms with Crippen molar-refractivity contribution < 1.29 is 53.9 Å². The van der Waals surface area contributed by atoms with Crippen molar-refractivity contribution in [3.63, 3.8) is 0 Å². The molecule has 13 heteroatoms. The lowest BCUT2D eigenvalue weighted by Crippen LogP contribution is -2.64. The highest BCUT2D eigenvalue weighted by atomic mass is 31.2. The number of carbonyl (C=O) groups is 1. The zero-order chi connectivity index (χ0) is 45.0. The number of carbonyl (C=O) groups excluding carboxylic acids is 1. The minimum Gasteiger partial charge on any atom is -0.387 e. The Balaban J connectivity index is 2.28. The van der Waals surface area contributed by atoms with E-state index in [-0.39, 0.29) is 12.3 Å². The summed E-state index contributed by atoms with van der Waals surface area (Å²) in [5.74, 6) is -0.339. The molecule has 1 aliphatic rings. The van der Waals surface area contributed by atoms with Crippen LogP contribution in [-0.2, 0) is 18.4 Å². The molecule has 6 unspecified atom stereocenters. The molecule has 1 aliphatic carbocycles. The van der Waals surface area contributed by atoms with Gasteiger partial charge in [0.05, 0.1) is 18.8 Å². The Kier molecular flexibility index (Phi) is 36.5. The van der Waals surface area contributed by atoms with Gasteiger partial charge in [-0.05, 0) is 19.3 Å². The Morgan fingerprint density at radius 2 is 0.869 bits per heavy atom. The van der Waals surface area contributed by atoms with Gasteiger partial charge in [0.15, 0.2) is 0 Å². The second-order valence-electron chi connectivity index (χ2n) is 18.0. The van der Waals surface area contributed by atoms with E-state index in [1.54, 1.807) is 0 Å². The van der Waals surface area contributed by atoms with Gasteiger partial charge in [-0.3, -0.25) is 13.8 Å². The second kappa shape index (κ2) is 38.4. The highest BCUT2D eigenvalue weighted by molar-refractivity contribution is 7.47. The normalized spacial score (nSPS) is 22.7. The summed E-state index contributed by atoms with van der Waals surface area (Å²) in [6.07, 6.45) is 31.8. The molecule has 0 aromatic carbocycles. The lowest BCUT2D eigenvalue weighted by Gasteiger charge is -2.41. The van der Waals surface area contributed by atoms with Crippen molar-refractivity contribution in [2.75, 3.05) is 6.61 Å². The molecule has 1 fully saturated rings. The van der Waals surface area contributed by atoms with Gasteiger partial charge in [0.1, 0.15) is 36.6 Å². The van der Waals surface area contributed by atoms with Crippen molar-refractivity contribution in [3.8, 4) is 0 Å². The van der Waals surface area contributed by atoms with Crippen LogP contribution < -0.4 is 5.32 Å². The maximum absolute atomic E-state index is 12.9. The molecule has 0 heterocycles. The van der Waals surface area contributed by atoms with Crippen molar-refractivity contribution >= 4 is 13.7 Å². The van der Waals surface area contributed by atoms with E-state index >= 15 is 0 Å². The highest BCUT2D eigenvalue weighted by Gasteiger charge is 2.51. The lowest BCUT2D eigenvalue weighted by atomic mass is 9.85. The lowest BCUT2D eigenvalue weighted by molar-refractivity contribution is -0.220. The first-order valence-electron chi connectivity index (χ1n) is 25.1. The van der Waals surface area contributed by atoms with Crippen LogP contribution in [0.5, 0.6) is 0 Å². The molecule has 0 saturated heterocycles. The minimum absolute atomic E-state index is 0.218. The van der Waals surface area contributed by atoms with Crippen molar-refractivity contribution in [3.05, 3.63) is 12.2 Å². The predicted molar refractivity (Wildman–Crippen MR) is 246 cm³/mol. The van der Waals surface area contributed by atoms with Crippen molar-refractivity contribution in [1.82, 2.24) is 5.32 Å².